The van der Waals surface area contributed by atoms with E-state index in [4.69, 9.17) is 5.73 Å². The highest BCUT2D eigenvalue weighted by Crippen LogP contribution is 2.32. The topological polar surface area (TPSA) is 131 Å². The van der Waals surface area contributed by atoms with Gasteiger partial charge in [-0.1, -0.05) is 0 Å². The summed E-state index contributed by atoms with van der Waals surface area (Å²) >= 11 is 0. The van der Waals surface area contributed by atoms with Gasteiger partial charge >= 0.3 is 0 Å². The number of nitrogens with two attached hydrogens (primary N) is 1. The Bertz CT molecular complexity index is 995. The van der Waals surface area contributed by atoms with Crippen LogP contribution in [0.3, 0.4) is 0 Å². The van der Waals surface area contributed by atoms with Gasteiger partial charge in [-0.3, -0.25) is 19.7 Å². The van der Waals surface area contributed by atoms with Gasteiger partial charge in [-0.15, -0.1) is 0 Å². The smallest absolute Gasteiger partial charge is 0.293 e. The molecule has 2 fully saturated rings. The summed E-state index contributed by atoms with van der Waals surface area (Å²) < 4.78 is 0. The molecule has 1 saturated carbocycles. The molecular weight excluding hydrogens is 398 g/mol. The summed E-state index contributed by atoms with van der Waals surface area (Å²) in [6.07, 6.45) is 3.47. The van der Waals surface area contributed by atoms with Crippen molar-refractivity contribution in [3.8, 4) is 0 Å². The van der Waals surface area contributed by atoms with Gasteiger partial charge in [0.2, 0.25) is 5.91 Å². The number of nitrogens with zero attached hydrogens (tertiary/aromatic N) is 2. The van der Waals surface area contributed by atoms with Gasteiger partial charge in [0.05, 0.1) is 4.92 Å². The highest BCUT2D eigenvalue weighted by atomic mass is 16.6. The summed E-state index contributed by atoms with van der Waals surface area (Å²) in [6.45, 7) is 1.51. The van der Waals surface area contributed by atoms with E-state index >= 15 is 0 Å². The molecule has 0 aromatic heterocycles. The van der Waals surface area contributed by atoms with Crippen LogP contribution in [0.2, 0.25) is 0 Å². The van der Waals surface area contributed by atoms with Gasteiger partial charge in [-0.25, -0.2) is 0 Å². The summed E-state index contributed by atoms with van der Waals surface area (Å²) in [7, 11) is 0. The lowest BCUT2D eigenvalue weighted by molar-refractivity contribution is -0.384. The van der Waals surface area contributed by atoms with Crippen LogP contribution in [-0.4, -0.2) is 35.9 Å². The summed E-state index contributed by atoms with van der Waals surface area (Å²) in [4.78, 5) is 37.0. The van der Waals surface area contributed by atoms with Gasteiger partial charge in [-0.05, 0) is 62.1 Å². The lowest BCUT2D eigenvalue weighted by Crippen LogP contribution is -2.38. The minimum Gasteiger partial charge on any atom is -0.377 e. The number of hydrogen-bond donors (Lipinski definition) is 3. The van der Waals surface area contributed by atoms with Gasteiger partial charge < -0.3 is 21.3 Å². The third-order valence-electron chi connectivity index (χ3n) is 5.78. The zero-order valence-corrected chi connectivity index (χ0v) is 17.0. The van der Waals surface area contributed by atoms with Gasteiger partial charge in [0.15, 0.2) is 0 Å². The number of carbonyl (C=O) groups excluding carboxylic acids is 2. The molecule has 9 heteroatoms. The summed E-state index contributed by atoms with van der Waals surface area (Å²) in [5.74, 6) is -0.713. The average molecular weight is 423 g/mol. The van der Waals surface area contributed by atoms with Crippen LogP contribution >= 0.6 is 0 Å². The Morgan fingerprint density at radius 1 is 1.03 bits per heavy atom. The number of carbonyl (C=O) groups is 2. The highest BCUT2D eigenvalue weighted by molar-refractivity contribution is 6.05. The van der Waals surface area contributed by atoms with Crippen LogP contribution in [0.4, 0.5) is 22.7 Å². The molecule has 2 aromatic carbocycles. The number of piperidine rings is 1. The largest absolute Gasteiger partial charge is 0.377 e. The summed E-state index contributed by atoms with van der Waals surface area (Å²) in [5.41, 5.74) is 7.56. The Morgan fingerprint density at radius 3 is 2.29 bits per heavy atom. The van der Waals surface area contributed by atoms with E-state index in [1.807, 2.05) is 12.1 Å². The minimum absolute atomic E-state index is 0.0651. The Kier molecular flexibility index (Phi) is 5.75. The van der Waals surface area contributed by atoms with Crippen LogP contribution in [-0.2, 0) is 4.79 Å². The molecule has 162 valence electrons. The van der Waals surface area contributed by atoms with Crippen LogP contribution in [0.15, 0.2) is 42.5 Å². The molecule has 2 aromatic rings. The molecule has 9 nitrogen and oxygen atoms in total. The number of anilines is 3. The zero-order chi connectivity index (χ0) is 22.0. The predicted molar refractivity (Wildman–Crippen MR) is 118 cm³/mol. The molecule has 0 spiro atoms. The third-order valence-corrected chi connectivity index (χ3v) is 5.78. The van der Waals surface area contributed by atoms with Gasteiger partial charge in [0.25, 0.3) is 11.6 Å². The second kappa shape index (κ2) is 8.63. The number of nitrogens with one attached hydrogen (secondary N) is 2. The van der Waals surface area contributed by atoms with Crippen LogP contribution in [0.5, 0.6) is 0 Å². The van der Waals surface area contributed by atoms with Gasteiger partial charge in [0.1, 0.15) is 5.69 Å². The standard InChI is InChI=1S/C22H25N5O4/c23-21(28)14-9-11-26(12-10-14)18-6-4-17(5-7-18)25-22(29)15-1-8-19(24-16-2-3-16)20(13-15)27(30)31/h1,4-8,13-14,16,24H,2-3,9-12H2,(H2,23,28)(H,25,29). The molecule has 31 heavy (non-hydrogen) atoms. The molecule has 4 N–H and O–H groups in total. The van der Waals surface area contributed by atoms with E-state index in [9.17, 15) is 19.7 Å². The molecule has 0 atom stereocenters. The number of primary amides is 1. The fourth-order valence-electron chi connectivity index (χ4n) is 3.77. The number of nitro groups is 1. The molecular formula is C22H25N5O4. The average Bonchev–Trinajstić information content (AvgIpc) is 3.58. The van der Waals surface area contributed by atoms with Crippen LogP contribution < -0.4 is 21.3 Å². The van der Waals surface area contributed by atoms with Crippen molar-refractivity contribution < 1.29 is 14.5 Å². The van der Waals surface area contributed by atoms with E-state index in [2.05, 4.69) is 15.5 Å². The predicted octanol–water partition coefficient (Wildman–Crippen LogP) is 3.12. The first kappa shape index (κ1) is 20.6. The lowest BCUT2D eigenvalue weighted by atomic mass is 9.96. The van der Waals surface area contributed by atoms with Crippen LogP contribution in [0, 0.1) is 16.0 Å². The fraction of sp³-hybridized carbons (Fsp3) is 0.364. The van der Waals surface area contributed by atoms with Gasteiger partial charge in [0, 0.05) is 48.1 Å². The number of rotatable bonds is 7. The minimum atomic E-state index is -0.475. The molecule has 1 aliphatic heterocycles. The highest BCUT2D eigenvalue weighted by Gasteiger charge is 2.26. The van der Waals surface area contributed by atoms with Crippen LogP contribution in [0.1, 0.15) is 36.0 Å². The van der Waals surface area contributed by atoms with Crippen molar-refractivity contribution in [2.24, 2.45) is 11.7 Å². The Balaban J connectivity index is 1.40. The van der Waals surface area contributed by atoms with E-state index in [1.165, 1.54) is 6.07 Å². The van der Waals surface area contributed by atoms with E-state index in [0.29, 0.717) is 11.4 Å². The van der Waals surface area contributed by atoms with Crippen molar-refractivity contribution >= 4 is 34.6 Å². The van der Waals surface area contributed by atoms with Crippen molar-refractivity contribution in [2.45, 2.75) is 31.7 Å². The zero-order valence-electron chi connectivity index (χ0n) is 17.0. The number of amides is 2. The molecule has 0 bridgehead atoms. The lowest BCUT2D eigenvalue weighted by Gasteiger charge is -2.32. The summed E-state index contributed by atoms with van der Waals surface area (Å²) in [5, 5.41) is 17.3. The van der Waals surface area contributed by atoms with Gasteiger partial charge in [-0.2, -0.15) is 0 Å². The number of nitro benzene ring substituents is 1. The van der Waals surface area contributed by atoms with Crippen molar-refractivity contribution in [2.75, 3.05) is 28.6 Å². The van der Waals surface area contributed by atoms with Crippen molar-refractivity contribution in [3.05, 3.63) is 58.1 Å². The quantitative estimate of drug-likeness (QED) is 0.463. The van der Waals surface area contributed by atoms with E-state index in [0.717, 1.165) is 44.5 Å². The normalized spacial score (nSPS) is 16.6. The maximum Gasteiger partial charge on any atom is 0.293 e. The first-order valence-corrected chi connectivity index (χ1v) is 10.4. The number of hydrogen-bond acceptors (Lipinski definition) is 6. The molecule has 2 aliphatic rings. The molecule has 4 rings (SSSR count). The second-order valence-electron chi connectivity index (χ2n) is 8.07. The Labute approximate surface area is 179 Å². The molecule has 0 radical (unpaired) electrons. The first-order chi connectivity index (χ1) is 14.9. The van der Waals surface area contributed by atoms with Crippen molar-refractivity contribution in [1.29, 1.82) is 0 Å². The Morgan fingerprint density at radius 2 is 1.71 bits per heavy atom. The van der Waals surface area contributed by atoms with Crippen LogP contribution in [0.25, 0.3) is 0 Å². The Hall–Kier alpha value is -3.62. The SMILES string of the molecule is NC(=O)C1CCN(c2ccc(NC(=O)c3ccc(NC4CC4)c([N+](=O)[O-])c3)cc2)CC1. The maximum atomic E-state index is 12.6. The second-order valence-corrected chi connectivity index (χ2v) is 8.07. The van der Waals surface area contributed by atoms with E-state index < -0.39 is 10.8 Å². The monoisotopic (exact) mass is 423 g/mol. The molecule has 1 saturated heterocycles. The van der Waals surface area contributed by atoms with Crippen molar-refractivity contribution in [3.63, 3.8) is 0 Å². The molecule has 1 aliphatic carbocycles. The molecule has 2 amide bonds. The van der Waals surface area contributed by atoms with Crippen molar-refractivity contribution in [1.82, 2.24) is 0 Å². The maximum absolute atomic E-state index is 12.6. The molecule has 0 unspecified atom stereocenters. The fourth-order valence-corrected chi connectivity index (χ4v) is 3.77. The van der Waals surface area contributed by atoms with E-state index in [1.54, 1.807) is 24.3 Å². The third kappa shape index (κ3) is 4.93. The first-order valence-electron chi connectivity index (χ1n) is 10.4. The number of benzene rings is 2. The molecule has 1 heterocycles. The summed E-state index contributed by atoms with van der Waals surface area (Å²) in [6, 6.07) is 12.2. The van der Waals surface area contributed by atoms with E-state index in [-0.39, 0.29) is 29.1 Å².